The Bertz CT molecular complexity index is 1160. The lowest BCUT2D eigenvalue weighted by atomic mass is 9.83. The molecule has 1 aliphatic rings. The van der Waals surface area contributed by atoms with E-state index in [0.717, 1.165) is 25.9 Å². The number of rotatable bonds is 22. The summed E-state index contributed by atoms with van der Waals surface area (Å²) in [5.41, 5.74) is 1.88. The summed E-state index contributed by atoms with van der Waals surface area (Å²) in [5, 5.41) is 12.0. The van der Waals surface area contributed by atoms with Crippen LogP contribution in [0.2, 0.25) is 0 Å². The molecule has 0 fully saturated rings. The molecular formula is C32H44N4O8. The lowest BCUT2D eigenvalue weighted by Gasteiger charge is -2.19. The number of carbonyl (C=O) groups excluding carboxylic acids is 4. The summed E-state index contributed by atoms with van der Waals surface area (Å²) in [7, 11) is 3.26. The lowest BCUT2D eigenvalue weighted by Crippen LogP contribution is -2.25. The summed E-state index contributed by atoms with van der Waals surface area (Å²) in [5.74, 6) is -1.03. The van der Waals surface area contributed by atoms with Gasteiger partial charge in [0.1, 0.15) is 0 Å². The van der Waals surface area contributed by atoms with Gasteiger partial charge in [-0.2, -0.15) is 0 Å². The summed E-state index contributed by atoms with van der Waals surface area (Å²) in [6.07, 6.45) is 2.16. The standard InChI is InChI=1S/C32H44N4O8/c1-41-17-19-43-15-3-11-33-13-9-29(37)35-23-5-7-25-27(21-23)31(39)26-8-6-24(22-28(26)32(25)40)36-30(38)10-14-34-12-4-16-44-20-18-42-2/h5-8,21-22,33-34H,3-4,9-20H2,1-2H3,(H,35,37)(H,36,38). The number of ether oxygens (including phenoxy) is 4. The van der Waals surface area contributed by atoms with Crippen LogP contribution in [0.5, 0.6) is 0 Å². The van der Waals surface area contributed by atoms with E-state index in [2.05, 4.69) is 21.3 Å². The van der Waals surface area contributed by atoms with Crippen molar-refractivity contribution in [2.24, 2.45) is 0 Å². The van der Waals surface area contributed by atoms with E-state index < -0.39 is 0 Å². The Balaban J connectivity index is 1.44. The predicted octanol–water partition coefficient (Wildman–Crippen LogP) is 2.40. The molecule has 2 aromatic rings. The fraction of sp³-hybridized carbons (Fsp3) is 0.500. The van der Waals surface area contributed by atoms with Gasteiger partial charge in [-0.1, -0.05) is 0 Å². The van der Waals surface area contributed by atoms with Crippen molar-refractivity contribution in [2.45, 2.75) is 25.7 Å². The van der Waals surface area contributed by atoms with Crippen molar-refractivity contribution >= 4 is 34.8 Å². The fourth-order valence-electron chi connectivity index (χ4n) is 4.49. The fourth-order valence-corrected chi connectivity index (χ4v) is 4.49. The number of fused-ring (bicyclic) bond motifs is 2. The van der Waals surface area contributed by atoms with Gasteiger partial charge >= 0.3 is 0 Å². The number of benzene rings is 2. The summed E-state index contributed by atoms with van der Waals surface area (Å²) >= 11 is 0. The molecule has 4 N–H and O–H groups in total. The highest BCUT2D eigenvalue weighted by Gasteiger charge is 2.30. The number of nitrogens with one attached hydrogen (secondary N) is 4. The third-order valence-electron chi connectivity index (χ3n) is 6.79. The molecule has 0 unspecified atom stereocenters. The summed E-state index contributed by atoms with van der Waals surface area (Å²) in [6.45, 7) is 5.95. The number of methoxy groups -OCH3 is 2. The molecule has 0 bridgehead atoms. The third kappa shape index (κ3) is 11.5. The van der Waals surface area contributed by atoms with Crippen LogP contribution in [0.15, 0.2) is 36.4 Å². The highest BCUT2D eigenvalue weighted by atomic mass is 16.5. The number of hydrogen-bond acceptors (Lipinski definition) is 10. The minimum atomic E-state index is -0.312. The zero-order valence-corrected chi connectivity index (χ0v) is 25.6. The molecule has 44 heavy (non-hydrogen) atoms. The number of carbonyl (C=O) groups is 4. The Labute approximate surface area is 258 Å². The lowest BCUT2D eigenvalue weighted by molar-refractivity contribution is -0.116. The van der Waals surface area contributed by atoms with Gasteiger partial charge in [0.05, 0.1) is 26.4 Å². The summed E-state index contributed by atoms with van der Waals surface area (Å²) in [6, 6.07) is 9.40. The average Bonchev–Trinajstić information content (AvgIpc) is 3.02. The largest absolute Gasteiger partial charge is 0.382 e. The topological polar surface area (TPSA) is 153 Å². The molecule has 12 heteroatoms. The first-order chi connectivity index (χ1) is 21.4. The highest BCUT2D eigenvalue weighted by Crippen LogP contribution is 2.31. The van der Waals surface area contributed by atoms with E-state index in [1.165, 1.54) is 12.1 Å². The third-order valence-corrected chi connectivity index (χ3v) is 6.79. The summed E-state index contributed by atoms with van der Waals surface area (Å²) in [4.78, 5) is 51.4. The first-order valence-electron chi connectivity index (χ1n) is 15.0. The van der Waals surface area contributed by atoms with E-state index >= 15 is 0 Å². The Morgan fingerprint density at radius 1 is 0.568 bits per heavy atom. The van der Waals surface area contributed by atoms with Crippen LogP contribution in [0.1, 0.15) is 57.5 Å². The van der Waals surface area contributed by atoms with Crippen LogP contribution in [0.3, 0.4) is 0 Å². The van der Waals surface area contributed by atoms with Crippen molar-refractivity contribution in [1.82, 2.24) is 10.6 Å². The zero-order valence-electron chi connectivity index (χ0n) is 25.6. The Hall–Kier alpha value is -3.52. The second-order valence-corrected chi connectivity index (χ2v) is 10.2. The maximum Gasteiger partial charge on any atom is 0.225 e. The number of anilines is 2. The number of amides is 2. The zero-order chi connectivity index (χ0) is 31.6. The second-order valence-electron chi connectivity index (χ2n) is 10.2. The van der Waals surface area contributed by atoms with E-state index in [0.29, 0.717) is 64.1 Å². The van der Waals surface area contributed by atoms with Crippen molar-refractivity contribution in [1.29, 1.82) is 0 Å². The molecule has 0 atom stereocenters. The molecular weight excluding hydrogens is 568 g/mol. The van der Waals surface area contributed by atoms with Gasteiger partial charge in [0.25, 0.3) is 0 Å². The van der Waals surface area contributed by atoms with Crippen molar-refractivity contribution in [3.8, 4) is 0 Å². The molecule has 0 aromatic heterocycles. The minimum absolute atomic E-state index is 0.202. The van der Waals surface area contributed by atoms with E-state index in [9.17, 15) is 19.2 Å². The molecule has 1 aliphatic carbocycles. The molecule has 2 amide bonds. The Kier molecular flexibility index (Phi) is 15.7. The van der Waals surface area contributed by atoms with Crippen LogP contribution >= 0.6 is 0 Å². The maximum atomic E-state index is 13.3. The molecule has 3 rings (SSSR count). The normalized spacial score (nSPS) is 12.1. The van der Waals surface area contributed by atoms with Gasteiger partial charge in [-0.05, 0) is 62.3 Å². The predicted molar refractivity (Wildman–Crippen MR) is 167 cm³/mol. The molecule has 0 spiro atoms. The van der Waals surface area contributed by atoms with E-state index in [-0.39, 0.29) is 58.5 Å². The van der Waals surface area contributed by atoms with Crippen molar-refractivity contribution < 1.29 is 38.1 Å². The van der Waals surface area contributed by atoms with Gasteiger partial charge in [0.2, 0.25) is 11.8 Å². The molecule has 0 radical (unpaired) electrons. The molecule has 0 heterocycles. The van der Waals surface area contributed by atoms with Gasteiger partial charge in [0, 0.05) is 87.0 Å². The Morgan fingerprint density at radius 2 is 1.00 bits per heavy atom. The van der Waals surface area contributed by atoms with Crippen LogP contribution in [-0.4, -0.2) is 103 Å². The van der Waals surface area contributed by atoms with Crippen LogP contribution in [0.25, 0.3) is 0 Å². The van der Waals surface area contributed by atoms with Crippen LogP contribution in [0.4, 0.5) is 11.4 Å². The van der Waals surface area contributed by atoms with Crippen LogP contribution in [-0.2, 0) is 28.5 Å². The SMILES string of the molecule is COCCOCCCNCCC(=O)Nc1ccc2c(c1)C(=O)c1ccc(NC(=O)CCNCCCOCCOC)cc1C2=O. The van der Waals surface area contributed by atoms with Gasteiger partial charge < -0.3 is 40.2 Å². The average molecular weight is 613 g/mol. The van der Waals surface area contributed by atoms with Crippen molar-refractivity contribution in [3.05, 3.63) is 58.7 Å². The van der Waals surface area contributed by atoms with E-state index in [4.69, 9.17) is 18.9 Å². The quantitative estimate of drug-likeness (QED) is 0.124. The number of ketones is 2. The first-order valence-corrected chi connectivity index (χ1v) is 15.0. The smallest absolute Gasteiger partial charge is 0.225 e. The van der Waals surface area contributed by atoms with Gasteiger partial charge in [-0.25, -0.2) is 0 Å². The monoisotopic (exact) mass is 612 g/mol. The Morgan fingerprint density at radius 3 is 1.41 bits per heavy atom. The highest BCUT2D eigenvalue weighted by molar-refractivity contribution is 6.29. The maximum absolute atomic E-state index is 13.3. The van der Waals surface area contributed by atoms with Gasteiger partial charge in [-0.3, -0.25) is 19.2 Å². The van der Waals surface area contributed by atoms with Crippen molar-refractivity contribution in [3.63, 3.8) is 0 Å². The molecule has 0 saturated carbocycles. The molecule has 2 aromatic carbocycles. The van der Waals surface area contributed by atoms with Crippen LogP contribution in [0, 0.1) is 0 Å². The van der Waals surface area contributed by atoms with E-state index in [1.54, 1.807) is 38.5 Å². The number of hydrogen-bond donors (Lipinski definition) is 4. The van der Waals surface area contributed by atoms with E-state index in [1.807, 2.05) is 0 Å². The van der Waals surface area contributed by atoms with Gasteiger partial charge in [-0.15, -0.1) is 0 Å². The molecule has 12 nitrogen and oxygen atoms in total. The molecule has 240 valence electrons. The second kappa shape index (κ2) is 19.7. The molecule has 0 aliphatic heterocycles. The van der Waals surface area contributed by atoms with Crippen LogP contribution < -0.4 is 21.3 Å². The molecule has 0 saturated heterocycles. The van der Waals surface area contributed by atoms with Crippen molar-refractivity contribution in [2.75, 3.05) is 90.7 Å². The summed E-state index contributed by atoms with van der Waals surface area (Å²) < 4.78 is 20.6. The van der Waals surface area contributed by atoms with Gasteiger partial charge in [0.15, 0.2) is 11.6 Å². The minimum Gasteiger partial charge on any atom is -0.382 e. The first kappa shape index (κ1) is 35.0.